The third-order valence-electron chi connectivity index (χ3n) is 3.38. The van der Waals surface area contributed by atoms with Crippen LogP contribution in [0.5, 0.6) is 0 Å². The lowest BCUT2D eigenvalue weighted by Gasteiger charge is -2.17. The van der Waals surface area contributed by atoms with Crippen molar-refractivity contribution in [1.29, 1.82) is 0 Å². The highest BCUT2D eigenvalue weighted by atomic mass is 15.3. The van der Waals surface area contributed by atoms with Gasteiger partial charge in [-0.15, -0.1) is 0 Å². The number of hydrogen-bond donors (Lipinski definition) is 3. The van der Waals surface area contributed by atoms with Gasteiger partial charge in [0.05, 0.1) is 6.20 Å². The Hall–Kier alpha value is -2.28. The molecule has 0 aliphatic carbocycles. The lowest BCUT2D eigenvalue weighted by molar-refractivity contribution is 0.751. The Labute approximate surface area is 117 Å². The van der Waals surface area contributed by atoms with Crippen molar-refractivity contribution in [2.75, 3.05) is 29.0 Å². The van der Waals surface area contributed by atoms with Gasteiger partial charge in [-0.1, -0.05) is 6.58 Å². The first kappa shape index (κ1) is 12.7. The van der Waals surface area contributed by atoms with Crippen molar-refractivity contribution in [3.05, 3.63) is 24.5 Å². The molecule has 0 bridgehead atoms. The van der Waals surface area contributed by atoms with Gasteiger partial charge in [0.2, 0.25) is 0 Å². The Balaban J connectivity index is 2.04. The van der Waals surface area contributed by atoms with Crippen LogP contribution in [0.3, 0.4) is 0 Å². The first-order chi connectivity index (χ1) is 9.54. The molecule has 3 rings (SSSR count). The fraction of sp³-hybridized carbons (Fsp3) is 0.385. The fourth-order valence-electron chi connectivity index (χ4n) is 2.45. The summed E-state index contributed by atoms with van der Waals surface area (Å²) in [4.78, 5) is 6.80. The van der Waals surface area contributed by atoms with E-state index in [1.807, 2.05) is 13.0 Å². The van der Waals surface area contributed by atoms with Gasteiger partial charge in [-0.2, -0.15) is 9.61 Å². The number of nitrogens with one attached hydrogen (secondary N) is 1. The third-order valence-corrected chi connectivity index (χ3v) is 3.38. The van der Waals surface area contributed by atoms with E-state index < -0.39 is 0 Å². The lowest BCUT2D eigenvalue weighted by Crippen LogP contribution is -2.27. The highest BCUT2D eigenvalue weighted by Crippen LogP contribution is 2.25. The molecule has 2 aromatic heterocycles. The summed E-state index contributed by atoms with van der Waals surface area (Å²) in [7, 11) is 0. The van der Waals surface area contributed by atoms with Crippen LogP contribution < -0.4 is 21.7 Å². The number of allylic oxidation sites excluding steroid dienone is 1. The fourth-order valence-corrected chi connectivity index (χ4v) is 2.45. The molecule has 106 valence electrons. The summed E-state index contributed by atoms with van der Waals surface area (Å²) in [6, 6.07) is 2.04. The van der Waals surface area contributed by atoms with E-state index >= 15 is 0 Å². The summed E-state index contributed by atoms with van der Waals surface area (Å²) in [6.07, 6.45) is 2.68. The van der Waals surface area contributed by atoms with Crippen molar-refractivity contribution < 1.29 is 0 Å². The Morgan fingerprint density at radius 3 is 3.00 bits per heavy atom. The molecule has 0 amide bonds. The van der Waals surface area contributed by atoms with Crippen molar-refractivity contribution in [3.63, 3.8) is 0 Å². The summed E-state index contributed by atoms with van der Waals surface area (Å²) < 4.78 is 1.62. The van der Waals surface area contributed by atoms with Gasteiger partial charge >= 0.3 is 0 Å². The van der Waals surface area contributed by atoms with Crippen LogP contribution in [-0.2, 0) is 0 Å². The molecule has 7 heteroatoms. The molecular formula is C13H19N7. The van der Waals surface area contributed by atoms with Gasteiger partial charge in [0.1, 0.15) is 17.3 Å². The minimum atomic E-state index is 0.201. The Morgan fingerprint density at radius 2 is 2.35 bits per heavy atom. The minimum Gasteiger partial charge on any atom is -0.383 e. The van der Waals surface area contributed by atoms with E-state index in [2.05, 4.69) is 26.9 Å². The number of aromatic nitrogens is 3. The van der Waals surface area contributed by atoms with Crippen LogP contribution in [-0.4, -0.2) is 33.7 Å². The molecule has 0 saturated carbocycles. The van der Waals surface area contributed by atoms with Gasteiger partial charge in [-0.25, -0.2) is 4.98 Å². The van der Waals surface area contributed by atoms with Crippen molar-refractivity contribution in [2.45, 2.75) is 19.4 Å². The molecule has 1 atom stereocenters. The average Bonchev–Trinajstić information content (AvgIpc) is 2.96. The molecule has 20 heavy (non-hydrogen) atoms. The van der Waals surface area contributed by atoms with E-state index in [0.29, 0.717) is 11.5 Å². The first-order valence-corrected chi connectivity index (χ1v) is 6.62. The number of nitrogens with zero attached hydrogens (tertiary/aromatic N) is 4. The maximum atomic E-state index is 6.06. The number of nitrogens with two attached hydrogens (primary N) is 2. The van der Waals surface area contributed by atoms with Crippen molar-refractivity contribution in [2.24, 2.45) is 5.73 Å². The Bertz CT molecular complexity index is 660. The molecule has 1 aliphatic rings. The summed E-state index contributed by atoms with van der Waals surface area (Å²) >= 11 is 0. The summed E-state index contributed by atoms with van der Waals surface area (Å²) in [6.45, 7) is 7.43. The van der Waals surface area contributed by atoms with Gasteiger partial charge in [0.15, 0.2) is 5.65 Å². The second kappa shape index (κ2) is 4.68. The predicted octanol–water partition coefficient (Wildman–Crippen LogP) is 0.794. The van der Waals surface area contributed by atoms with Crippen molar-refractivity contribution in [3.8, 4) is 0 Å². The third kappa shape index (κ3) is 2.16. The molecule has 0 unspecified atom stereocenters. The van der Waals surface area contributed by atoms with E-state index in [4.69, 9.17) is 11.5 Å². The molecule has 1 saturated heterocycles. The lowest BCUT2D eigenvalue weighted by atomic mass is 10.3. The highest BCUT2D eigenvalue weighted by Gasteiger charge is 2.22. The van der Waals surface area contributed by atoms with E-state index in [1.165, 1.54) is 0 Å². The second-order valence-corrected chi connectivity index (χ2v) is 5.23. The molecular weight excluding hydrogens is 254 g/mol. The number of anilines is 3. The van der Waals surface area contributed by atoms with Gasteiger partial charge < -0.3 is 21.7 Å². The van der Waals surface area contributed by atoms with E-state index in [9.17, 15) is 0 Å². The quantitative estimate of drug-likeness (QED) is 0.765. The highest BCUT2D eigenvalue weighted by molar-refractivity contribution is 5.72. The molecule has 0 aromatic carbocycles. The SMILES string of the molecule is C=C(C)Nc1cnn2c(N)cc(N3CC[C@H](N)C3)nc12. The summed E-state index contributed by atoms with van der Waals surface area (Å²) in [5.41, 5.74) is 14.3. The standard InChI is InChI=1S/C13H19N7/c1-8(2)17-10-6-16-20-11(15)5-12(18-13(10)20)19-4-3-9(14)7-19/h5-6,9,17H,1,3-4,7,14-15H2,2H3/t9-/m0/s1. The van der Waals surface area contributed by atoms with Crippen LogP contribution in [0, 0.1) is 0 Å². The molecule has 7 nitrogen and oxygen atoms in total. The predicted molar refractivity (Wildman–Crippen MR) is 80.6 cm³/mol. The zero-order chi connectivity index (χ0) is 14.3. The number of hydrogen-bond acceptors (Lipinski definition) is 6. The van der Waals surface area contributed by atoms with E-state index in [0.717, 1.165) is 36.7 Å². The molecule has 5 N–H and O–H groups in total. The zero-order valence-electron chi connectivity index (χ0n) is 11.5. The zero-order valence-corrected chi connectivity index (χ0v) is 11.5. The van der Waals surface area contributed by atoms with E-state index in [-0.39, 0.29) is 6.04 Å². The molecule has 0 radical (unpaired) electrons. The van der Waals surface area contributed by atoms with Gasteiger partial charge in [-0.05, 0) is 13.3 Å². The largest absolute Gasteiger partial charge is 0.383 e. The van der Waals surface area contributed by atoms with Crippen molar-refractivity contribution in [1.82, 2.24) is 14.6 Å². The van der Waals surface area contributed by atoms with Crippen LogP contribution in [0.15, 0.2) is 24.5 Å². The normalized spacial score (nSPS) is 18.7. The maximum Gasteiger partial charge on any atom is 0.183 e. The van der Waals surface area contributed by atoms with E-state index in [1.54, 1.807) is 10.7 Å². The summed E-state index contributed by atoms with van der Waals surface area (Å²) in [5.74, 6) is 1.40. The van der Waals surface area contributed by atoms with Gasteiger partial charge in [-0.3, -0.25) is 0 Å². The first-order valence-electron chi connectivity index (χ1n) is 6.62. The number of nitrogen functional groups attached to an aromatic ring is 1. The summed E-state index contributed by atoms with van der Waals surface area (Å²) in [5, 5.41) is 7.38. The smallest absolute Gasteiger partial charge is 0.183 e. The van der Waals surface area contributed by atoms with Gasteiger partial charge in [0, 0.05) is 30.9 Å². The van der Waals surface area contributed by atoms with Crippen molar-refractivity contribution >= 4 is 23.0 Å². The molecule has 3 heterocycles. The average molecular weight is 273 g/mol. The molecule has 1 fully saturated rings. The molecule has 0 spiro atoms. The minimum absolute atomic E-state index is 0.201. The maximum absolute atomic E-state index is 6.06. The Morgan fingerprint density at radius 1 is 1.55 bits per heavy atom. The monoisotopic (exact) mass is 273 g/mol. The van der Waals surface area contributed by atoms with Gasteiger partial charge in [0.25, 0.3) is 0 Å². The van der Waals surface area contributed by atoms with Crippen LogP contribution in [0.4, 0.5) is 17.3 Å². The Kier molecular flexibility index (Phi) is 2.98. The number of rotatable bonds is 3. The number of fused-ring (bicyclic) bond motifs is 1. The second-order valence-electron chi connectivity index (χ2n) is 5.23. The van der Waals surface area contributed by atoms with Crippen LogP contribution >= 0.6 is 0 Å². The van der Waals surface area contributed by atoms with Crippen LogP contribution in [0.25, 0.3) is 5.65 Å². The van der Waals surface area contributed by atoms with Crippen LogP contribution in [0.2, 0.25) is 0 Å². The van der Waals surface area contributed by atoms with Crippen LogP contribution in [0.1, 0.15) is 13.3 Å². The molecule has 1 aliphatic heterocycles. The topological polar surface area (TPSA) is 97.5 Å². The molecule has 2 aromatic rings.